The van der Waals surface area contributed by atoms with Crippen LogP contribution in [0.1, 0.15) is 42.9 Å². The van der Waals surface area contributed by atoms with Gasteiger partial charge in [0, 0.05) is 0 Å². The molecule has 0 bridgehead atoms. The number of amides is 3. The third kappa shape index (κ3) is 3.57. The molecule has 1 aliphatic carbocycles. The molecule has 2 fully saturated rings. The number of hydrogen-bond donors (Lipinski definition) is 1. The summed E-state index contributed by atoms with van der Waals surface area (Å²) in [6, 6.07) is 19.1. The average Bonchev–Trinajstić information content (AvgIpc) is 2.98. The SMILES string of the molecule is O=C(CN1C(=O)[C@H]2CCCC[C@H]2C1=O)NC(c1ccccc1)c1ccccc1. The zero-order valence-electron chi connectivity index (χ0n) is 15.7. The van der Waals surface area contributed by atoms with Gasteiger partial charge >= 0.3 is 0 Å². The highest BCUT2D eigenvalue weighted by atomic mass is 16.2. The molecular weight excluding hydrogens is 352 g/mol. The summed E-state index contributed by atoms with van der Waals surface area (Å²) in [5, 5.41) is 3.01. The first-order valence-electron chi connectivity index (χ1n) is 9.89. The van der Waals surface area contributed by atoms with Crippen LogP contribution in [0, 0.1) is 11.8 Å². The van der Waals surface area contributed by atoms with Gasteiger partial charge in [-0.1, -0.05) is 73.5 Å². The molecule has 0 aromatic heterocycles. The summed E-state index contributed by atoms with van der Waals surface area (Å²) in [6.07, 6.45) is 3.46. The van der Waals surface area contributed by atoms with Crippen molar-refractivity contribution in [3.05, 3.63) is 71.8 Å². The van der Waals surface area contributed by atoms with Crippen molar-refractivity contribution in [3.8, 4) is 0 Å². The minimum absolute atomic E-state index is 0.180. The Bertz CT molecular complexity index is 802. The molecule has 5 heteroatoms. The topological polar surface area (TPSA) is 66.5 Å². The highest BCUT2D eigenvalue weighted by Crippen LogP contribution is 2.37. The molecule has 2 aliphatic rings. The van der Waals surface area contributed by atoms with Gasteiger partial charge in [-0.2, -0.15) is 0 Å². The van der Waals surface area contributed by atoms with E-state index in [9.17, 15) is 14.4 Å². The molecule has 2 aromatic carbocycles. The lowest BCUT2D eigenvalue weighted by Gasteiger charge is -2.22. The highest BCUT2D eigenvalue weighted by Gasteiger charge is 2.48. The molecule has 1 N–H and O–H groups in total. The van der Waals surface area contributed by atoms with E-state index in [1.165, 1.54) is 4.90 Å². The summed E-state index contributed by atoms with van der Waals surface area (Å²) in [5.41, 5.74) is 1.91. The van der Waals surface area contributed by atoms with Gasteiger partial charge in [0.05, 0.1) is 17.9 Å². The van der Waals surface area contributed by atoms with Gasteiger partial charge in [-0.25, -0.2) is 0 Å². The molecule has 4 rings (SSSR count). The van der Waals surface area contributed by atoms with Crippen molar-refractivity contribution in [2.45, 2.75) is 31.7 Å². The van der Waals surface area contributed by atoms with Crippen molar-refractivity contribution >= 4 is 17.7 Å². The molecule has 1 heterocycles. The first-order chi connectivity index (χ1) is 13.6. The summed E-state index contributed by atoms with van der Waals surface area (Å²) < 4.78 is 0. The second-order valence-corrected chi connectivity index (χ2v) is 7.58. The zero-order valence-corrected chi connectivity index (χ0v) is 15.7. The van der Waals surface area contributed by atoms with E-state index in [1.54, 1.807) is 0 Å². The zero-order chi connectivity index (χ0) is 19.5. The van der Waals surface area contributed by atoms with Gasteiger partial charge in [0.1, 0.15) is 6.54 Å². The van der Waals surface area contributed by atoms with Crippen molar-refractivity contribution in [2.75, 3.05) is 6.54 Å². The fraction of sp³-hybridized carbons (Fsp3) is 0.348. The van der Waals surface area contributed by atoms with Crippen molar-refractivity contribution < 1.29 is 14.4 Å². The Labute approximate surface area is 164 Å². The second-order valence-electron chi connectivity index (χ2n) is 7.58. The lowest BCUT2D eigenvalue weighted by molar-refractivity contribution is -0.143. The van der Waals surface area contributed by atoms with E-state index in [-0.39, 0.29) is 42.1 Å². The Morgan fingerprint density at radius 3 is 1.79 bits per heavy atom. The van der Waals surface area contributed by atoms with Gasteiger partial charge in [0.15, 0.2) is 0 Å². The largest absolute Gasteiger partial charge is 0.344 e. The first kappa shape index (κ1) is 18.4. The highest BCUT2D eigenvalue weighted by molar-refractivity contribution is 6.07. The van der Waals surface area contributed by atoms with E-state index in [2.05, 4.69) is 5.32 Å². The molecule has 2 aromatic rings. The first-order valence-corrected chi connectivity index (χ1v) is 9.89. The van der Waals surface area contributed by atoms with Crippen LogP contribution in [0.25, 0.3) is 0 Å². The lowest BCUT2D eigenvalue weighted by atomic mass is 9.81. The van der Waals surface area contributed by atoms with Crippen LogP contribution in [0.15, 0.2) is 60.7 Å². The Morgan fingerprint density at radius 2 is 1.32 bits per heavy atom. The molecule has 5 nitrogen and oxygen atoms in total. The number of imide groups is 1. The van der Waals surface area contributed by atoms with E-state index in [1.807, 2.05) is 60.7 Å². The van der Waals surface area contributed by atoms with E-state index in [4.69, 9.17) is 0 Å². The number of carbonyl (C=O) groups is 3. The van der Waals surface area contributed by atoms with E-state index in [0.717, 1.165) is 36.8 Å². The molecule has 2 atom stereocenters. The number of fused-ring (bicyclic) bond motifs is 1. The summed E-state index contributed by atoms with van der Waals surface area (Å²) in [5.74, 6) is -1.14. The fourth-order valence-corrected chi connectivity index (χ4v) is 4.39. The van der Waals surface area contributed by atoms with Gasteiger partial charge in [0.2, 0.25) is 17.7 Å². The van der Waals surface area contributed by atoms with Crippen LogP contribution < -0.4 is 5.32 Å². The van der Waals surface area contributed by atoms with Crippen LogP contribution in [0.2, 0.25) is 0 Å². The maximum atomic E-state index is 12.8. The standard InChI is InChI=1S/C23H24N2O3/c26-20(15-25-22(27)18-13-7-8-14-19(18)23(25)28)24-21(16-9-3-1-4-10-16)17-11-5-2-6-12-17/h1-6,9-12,18-19,21H,7-8,13-15H2,(H,24,26)/t18-,19+. The minimum atomic E-state index is -0.329. The fourth-order valence-electron chi connectivity index (χ4n) is 4.39. The molecule has 3 amide bonds. The third-order valence-electron chi connectivity index (χ3n) is 5.81. The summed E-state index contributed by atoms with van der Waals surface area (Å²) in [4.78, 5) is 39.2. The molecule has 1 saturated heterocycles. The predicted octanol–water partition coefficient (Wildman–Crippen LogP) is 3.07. The number of carbonyl (C=O) groups excluding carboxylic acids is 3. The van der Waals surface area contributed by atoms with Crippen LogP contribution in [0.4, 0.5) is 0 Å². The lowest BCUT2D eigenvalue weighted by Crippen LogP contribution is -2.42. The molecule has 0 unspecified atom stereocenters. The number of rotatable bonds is 5. The normalized spacial score (nSPS) is 21.7. The molecule has 1 saturated carbocycles. The van der Waals surface area contributed by atoms with E-state index >= 15 is 0 Å². The van der Waals surface area contributed by atoms with Crippen LogP contribution >= 0.6 is 0 Å². The molecule has 144 valence electrons. The minimum Gasteiger partial charge on any atom is -0.344 e. The van der Waals surface area contributed by atoms with Gasteiger partial charge in [-0.05, 0) is 24.0 Å². The van der Waals surface area contributed by atoms with Crippen LogP contribution in [-0.4, -0.2) is 29.2 Å². The Hall–Kier alpha value is -2.95. The molecule has 28 heavy (non-hydrogen) atoms. The number of nitrogens with zero attached hydrogens (tertiary/aromatic N) is 1. The van der Waals surface area contributed by atoms with Gasteiger partial charge in [-0.15, -0.1) is 0 Å². The molecule has 0 spiro atoms. The molecular formula is C23H24N2O3. The van der Waals surface area contributed by atoms with E-state index < -0.39 is 0 Å². The average molecular weight is 376 g/mol. The number of benzene rings is 2. The smallest absolute Gasteiger partial charge is 0.240 e. The summed E-state index contributed by atoms with van der Waals surface area (Å²) in [7, 11) is 0. The van der Waals surface area contributed by atoms with E-state index in [0.29, 0.717) is 0 Å². The van der Waals surface area contributed by atoms with Crippen molar-refractivity contribution in [1.29, 1.82) is 0 Å². The van der Waals surface area contributed by atoms with Crippen molar-refractivity contribution in [1.82, 2.24) is 10.2 Å². The predicted molar refractivity (Wildman–Crippen MR) is 105 cm³/mol. The Kier molecular flexibility index (Phi) is 5.24. The van der Waals surface area contributed by atoms with Gasteiger partial charge in [-0.3, -0.25) is 19.3 Å². The quantitative estimate of drug-likeness (QED) is 0.816. The molecule has 1 aliphatic heterocycles. The monoisotopic (exact) mass is 376 g/mol. The summed E-state index contributed by atoms with van der Waals surface area (Å²) >= 11 is 0. The third-order valence-corrected chi connectivity index (χ3v) is 5.81. The van der Waals surface area contributed by atoms with Crippen molar-refractivity contribution in [3.63, 3.8) is 0 Å². The van der Waals surface area contributed by atoms with Crippen LogP contribution in [0.3, 0.4) is 0 Å². The maximum absolute atomic E-state index is 12.8. The number of nitrogens with one attached hydrogen (secondary N) is 1. The van der Waals surface area contributed by atoms with Crippen LogP contribution in [-0.2, 0) is 14.4 Å². The van der Waals surface area contributed by atoms with Gasteiger partial charge in [0.25, 0.3) is 0 Å². The Balaban J connectivity index is 1.51. The van der Waals surface area contributed by atoms with Gasteiger partial charge < -0.3 is 5.32 Å². The number of hydrogen-bond acceptors (Lipinski definition) is 3. The second kappa shape index (κ2) is 7.97. The van der Waals surface area contributed by atoms with Crippen LogP contribution in [0.5, 0.6) is 0 Å². The Morgan fingerprint density at radius 1 is 0.857 bits per heavy atom. The molecule has 0 radical (unpaired) electrons. The number of likely N-dealkylation sites (tertiary alicyclic amines) is 1. The van der Waals surface area contributed by atoms with Crippen molar-refractivity contribution in [2.24, 2.45) is 11.8 Å². The summed E-state index contributed by atoms with van der Waals surface area (Å²) in [6.45, 7) is -0.208. The maximum Gasteiger partial charge on any atom is 0.240 e.